The molecule has 1 saturated heterocycles. The van der Waals surface area contributed by atoms with E-state index in [-0.39, 0.29) is 5.28 Å². The van der Waals surface area contributed by atoms with Gasteiger partial charge in [0.05, 0.1) is 16.2 Å². The second-order valence-electron chi connectivity index (χ2n) is 7.35. The van der Waals surface area contributed by atoms with Crippen molar-refractivity contribution in [2.75, 3.05) is 19.6 Å². The van der Waals surface area contributed by atoms with Gasteiger partial charge < -0.3 is 10.4 Å². The number of halogens is 3. The third kappa shape index (κ3) is 3.05. The van der Waals surface area contributed by atoms with Gasteiger partial charge in [-0.25, -0.2) is 14.8 Å². The van der Waals surface area contributed by atoms with Crippen LogP contribution in [0.3, 0.4) is 0 Å². The van der Waals surface area contributed by atoms with E-state index in [2.05, 4.69) is 31.2 Å². The lowest BCUT2D eigenvalue weighted by molar-refractivity contribution is -0.0202. The monoisotopic (exact) mass is 460 g/mol. The van der Waals surface area contributed by atoms with Crippen molar-refractivity contribution in [3.8, 4) is 0 Å². The first-order valence-electron chi connectivity index (χ1n) is 8.12. The van der Waals surface area contributed by atoms with E-state index in [1.165, 1.54) is 4.90 Å². The van der Waals surface area contributed by atoms with E-state index in [1.807, 2.05) is 26.8 Å². The van der Waals surface area contributed by atoms with E-state index >= 15 is 0 Å². The number of carboxylic acid groups (broad SMARTS) is 1. The Kier molecular flexibility index (Phi) is 5.11. The number of nitrogens with one attached hydrogen (secondary N) is 1. The predicted octanol–water partition coefficient (Wildman–Crippen LogP) is 4.52. The summed E-state index contributed by atoms with van der Waals surface area (Å²) < 4.78 is 0.688. The zero-order valence-corrected chi connectivity index (χ0v) is 17.7. The molecule has 3 rings (SSSR count). The maximum Gasteiger partial charge on any atom is 0.408 e. The van der Waals surface area contributed by atoms with E-state index in [4.69, 9.17) is 23.2 Å². The highest BCUT2D eigenvalue weighted by Gasteiger charge is 2.53. The standard InChI is InChI=1S/C17H19BrCl2N4O2/c1-16(2,3)17(8-21-4-5-24(17)15(25)26)13-9-6-10(18)11(19)7-12(9)22-14(20)23-13/h6-7,21H,4-5,8H2,1-3H3,(H,25,26). The lowest BCUT2D eigenvalue weighted by Gasteiger charge is -2.53. The molecule has 140 valence electrons. The Morgan fingerprint density at radius 3 is 2.65 bits per heavy atom. The summed E-state index contributed by atoms with van der Waals surface area (Å²) in [5.41, 5.74) is -0.232. The molecule has 1 amide bonds. The molecule has 1 unspecified atom stereocenters. The minimum absolute atomic E-state index is 0.0606. The minimum Gasteiger partial charge on any atom is -0.465 e. The molecule has 2 heterocycles. The Morgan fingerprint density at radius 1 is 1.35 bits per heavy atom. The Morgan fingerprint density at radius 2 is 2.04 bits per heavy atom. The van der Waals surface area contributed by atoms with Gasteiger partial charge in [0, 0.05) is 29.5 Å². The lowest BCUT2D eigenvalue weighted by Crippen LogP contribution is -2.66. The fourth-order valence-corrected chi connectivity index (χ4v) is 4.33. The third-order valence-corrected chi connectivity index (χ3v) is 6.29. The number of amides is 1. The zero-order chi connectivity index (χ0) is 19.3. The van der Waals surface area contributed by atoms with Crippen LogP contribution in [0.2, 0.25) is 10.3 Å². The largest absolute Gasteiger partial charge is 0.465 e. The van der Waals surface area contributed by atoms with Gasteiger partial charge in [-0.1, -0.05) is 32.4 Å². The summed E-state index contributed by atoms with van der Waals surface area (Å²) in [7, 11) is 0. The number of piperazine rings is 1. The molecule has 1 atom stereocenters. The molecule has 1 fully saturated rings. The summed E-state index contributed by atoms with van der Waals surface area (Å²) in [5, 5.41) is 14.5. The van der Waals surface area contributed by atoms with Crippen LogP contribution < -0.4 is 5.32 Å². The van der Waals surface area contributed by atoms with Crippen molar-refractivity contribution in [3.05, 3.63) is 32.6 Å². The van der Waals surface area contributed by atoms with Crippen LogP contribution in [0.15, 0.2) is 16.6 Å². The maximum absolute atomic E-state index is 12.1. The van der Waals surface area contributed by atoms with Gasteiger partial charge in [0.25, 0.3) is 0 Å². The first-order chi connectivity index (χ1) is 12.1. The number of fused-ring (bicyclic) bond motifs is 1. The summed E-state index contributed by atoms with van der Waals surface area (Å²) in [4.78, 5) is 22.4. The van der Waals surface area contributed by atoms with Crippen LogP contribution in [0.5, 0.6) is 0 Å². The molecule has 6 nitrogen and oxygen atoms in total. The Hall–Kier alpha value is -1.15. The summed E-state index contributed by atoms with van der Waals surface area (Å²) in [6, 6.07) is 3.53. The molecule has 2 aromatic rings. The molecule has 0 bridgehead atoms. The van der Waals surface area contributed by atoms with Crippen LogP contribution in [0.1, 0.15) is 26.5 Å². The van der Waals surface area contributed by atoms with Crippen LogP contribution in [0.25, 0.3) is 10.9 Å². The third-order valence-electron chi connectivity index (χ3n) is 4.93. The number of nitrogens with zero attached hydrogens (tertiary/aromatic N) is 3. The first-order valence-corrected chi connectivity index (χ1v) is 9.67. The second-order valence-corrected chi connectivity index (χ2v) is 8.95. The van der Waals surface area contributed by atoms with Crippen LogP contribution in [0, 0.1) is 5.41 Å². The molecule has 0 spiro atoms. The van der Waals surface area contributed by atoms with Crippen molar-refractivity contribution in [3.63, 3.8) is 0 Å². The van der Waals surface area contributed by atoms with E-state index in [9.17, 15) is 9.90 Å². The van der Waals surface area contributed by atoms with E-state index in [1.54, 1.807) is 6.07 Å². The summed E-state index contributed by atoms with van der Waals surface area (Å²) in [5.74, 6) is 0. The van der Waals surface area contributed by atoms with Crippen molar-refractivity contribution in [1.29, 1.82) is 0 Å². The minimum atomic E-state index is -0.989. The molecule has 0 aliphatic carbocycles. The molecular weight excluding hydrogens is 443 g/mol. The molecule has 1 aromatic heterocycles. The zero-order valence-electron chi connectivity index (χ0n) is 14.6. The number of rotatable bonds is 1. The average Bonchev–Trinajstić information content (AvgIpc) is 2.54. The van der Waals surface area contributed by atoms with E-state index in [0.29, 0.717) is 40.3 Å². The highest BCUT2D eigenvalue weighted by Crippen LogP contribution is 2.47. The molecular formula is C17H19BrCl2N4O2. The molecule has 26 heavy (non-hydrogen) atoms. The molecule has 0 radical (unpaired) electrons. The highest BCUT2D eigenvalue weighted by atomic mass is 79.9. The van der Waals surface area contributed by atoms with Crippen molar-refractivity contribution in [2.45, 2.75) is 26.3 Å². The van der Waals surface area contributed by atoms with Gasteiger partial charge >= 0.3 is 6.09 Å². The summed E-state index contributed by atoms with van der Waals surface area (Å²) >= 11 is 15.9. The Bertz CT molecular complexity index is 887. The smallest absolute Gasteiger partial charge is 0.408 e. The van der Waals surface area contributed by atoms with Crippen molar-refractivity contribution in [1.82, 2.24) is 20.2 Å². The topological polar surface area (TPSA) is 78.4 Å². The van der Waals surface area contributed by atoms with Gasteiger partial charge in [-0.2, -0.15) is 0 Å². The van der Waals surface area contributed by atoms with Crippen molar-refractivity contribution >= 4 is 56.1 Å². The fraction of sp³-hybridized carbons (Fsp3) is 0.471. The number of benzene rings is 1. The molecule has 0 saturated carbocycles. The normalized spacial score (nSPS) is 21.2. The van der Waals surface area contributed by atoms with E-state index < -0.39 is 17.0 Å². The second kappa shape index (κ2) is 6.78. The van der Waals surface area contributed by atoms with E-state index in [0.717, 1.165) is 5.39 Å². The number of carbonyl (C=O) groups is 1. The predicted molar refractivity (Wildman–Crippen MR) is 106 cm³/mol. The molecule has 1 aliphatic rings. The van der Waals surface area contributed by atoms with Crippen molar-refractivity contribution in [2.24, 2.45) is 5.41 Å². The highest BCUT2D eigenvalue weighted by molar-refractivity contribution is 9.10. The molecule has 2 N–H and O–H groups in total. The number of aromatic nitrogens is 2. The molecule has 1 aliphatic heterocycles. The maximum atomic E-state index is 12.1. The first kappa shape index (κ1) is 19.6. The summed E-state index contributed by atoms with van der Waals surface area (Å²) in [6.45, 7) is 7.36. The van der Waals surface area contributed by atoms with Crippen molar-refractivity contribution < 1.29 is 9.90 Å². The SMILES string of the molecule is CC(C)(C)C1(c2nc(Cl)nc3cc(Cl)c(Br)cc23)CNCCN1C(=O)O. The summed E-state index contributed by atoms with van der Waals surface area (Å²) in [6.07, 6.45) is -0.989. The molecule has 9 heteroatoms. The van der Waals surface area contributed by atoms with Gasteiger partial charge in [-0.05, 0) is 45.1 Å². The number of hydrogen-bond acceptors (Lipinski definition) is 4. The quantitative estimate of drug-likeness (QED) is 0.610. The van der Waals surface area contributed by atoms with Gasteiger partial charge in [0.15, 0.2) is 0 Å². The van der Waals surface area contributed by atoms with Crippen LogP contribution in [0.4, 0.5) is 4.79 Å². The van der Waals surface area contributed by atoms with Gasteiger partial charge in [0.1, 0.15) is 5.54 Å². The Balaban J connectivity index is 2.42. The lowest BCUT2D eigenvalue weighted by atomic mass is 9.68. The van der Waals surface area contributed by atoms with Crippen LogP contribution in [-0.4, -0.2) is 45.7 Å². The Labute approximate surface area is 170 Å². The van der Waals surface area contributed by atoms with Gasteiger partial charge in [0.2, 0.25) is 5.28 Å². The number of hydrogen-bond donors (Lipinski definition) is 2. The van der Waals surface area contributed by atoms with Crippen LogP contribution >= 0.6 is 39.1 Å². The molecule has 1 aromatic carbocycles. The fourth-order valence-electron chi connectivity index (χ4n) is 3.65. The van der Waals surface area contributed by atoms with Gasteiger partial charge in [-0.15, -0.1) is 0 Å². The van der Waals surface area contributed by atoms with Crippen LogP contribution in [-0.2, 0) is 5.54 Å². The van der Waals surface area contributed by atoms with Gasteiger partial charge in [-0.3, -0.25) is 4.90 Å². The average molecular weight is 462 g/mol.